The van der Waals surface area contributed by atoms with Crippen molar-refractivity contribution in [3.63, 3.8) is 0 Å². The fraction of sp³-hybridized carbons (Fsp3) is 0.381. The lowest BCUT2D eigenvalue weighted by molar-refractivity contribution is 0.0984. The van der Waals surface area contributed by atoms with Gasteiger partial charge in [0.05, 0.1) is 10.6 Å². The third kappa shape index (κ3) is 3.33. The molecule has 2 aliphatic rings. The average molecular weight is 402 g/mol. The second kappa shape index (κ2) is 7.29. The molecule has 2 aromatic carbocycles. The number of hydrogen-bond donors (Lipinski definition) is 0. The minimum absolute atomic E-state index is 0.113. The molecule has 1 amide bonds. The van der Waals surface area contributed by atoms with E-state index in [4.69, 9.17) is 0 Å². The summed E-state index contributed by atoms with van der Waals surface area (Å²) >= 11 is 0. The van der Waals surface area contributed by atoms with Crippen LogP contribution in [0.2, 0.25) is 0 Å². The first-order valence-corrected chi connectivity index (χ1v) is 11.0. The van der Waals surface area contributed by atoms with E-state index in [1.54, 1.807) is 12.1 Å². The highest BCUT2D eigenvalue weighted by atomic mass is 32.2. The fourth-order valence-corrected chi connectivity index (χ4v) is 5.63. The summed E-state index contributed by atoms with van der Waals surface area (Å²) in [7, 11) is -3.61. The Labute approximate surface area is 164 Å². The highest BCUT2D eigenvalue weighted by Gasteiger charge is 2.30. The molecule has 0 aliphatic carbocycles. The first-order valence-electron chi connectivity index (χ1n) is 9.59. The van der Waals surface area contributed by atoms with E-state index in [1.807, 2.05) is 13.0 Å². The zero-order valence-corrected chi connectivity index (χ0v) is 16.6. The van der Waals surface area contributed by atoms with E-state index in [-0.39, 0.29) is 16.4 Å². The van der Waals surface area contributed by atoms with Crippen molar-refractivity contribution < 1.29 is 17.6 Å². The van der Waals surface area contributed by atoms with Crippen molar-refractivity contribution in [2.24, 2.45) is 0 Å². The second-order valence-electron chi connectivity index (χ2n) is 7.45. The van der Waals surface area contributed by atoms with E-state index in [0.29, 0.717) is 25.3 Å². The smallest absolute Gasteiger partial charge is 0.258 e. The van der Waals surface area contributed by atoms with E-state index >= 15 is 0 Å². The van der Waals surface area contributed by atoms with Gasteiger partial charge in [0.15, 0.2) is 0 Å². The van der Waals surface area contributed by atoms with Gasteiger partial charge in [-0.05, 0) is 68.0 Å². The van der Waals surface area contributed by atoms with Crippen LogP contribution in [0.4, 0.5) is 10.1 Å². The van der Waals surface area contributed by atoms with Gasteiger partial charge in [0.25, 0.3) is 5.91 Å². The molecule has 148 valence electrons. The van der Waals surface area contributed by atoms with Crippen LogP contribution in [-0.2, 0) is 16.4 Å². The summed E-state index contributed by atoms with van der Waals surface area (Å²) in [4.78, 5) is 14.7. The van der Waals surface area contributed by atoms with Crippen LogP contribution in [0.1, 0.15) is 40.7 Å². The Kier molecular flexibility index (Phi) is 4.97. The van der Waals surface area contributed by atoms with Crippen LogP contribution in [0.15, 0.2) is 41.3 Å². The van der Waals surface area contributed by atoms with Crippen LogP contribution in [0, 0.1) is 12.7 Å². The van der Waals surface area contributed by atoms with Crippen LogP contribution in [0.25, 0.3) is 0 Å². The average Bonchev–Trinajstić information content (AvgIpc) is 3.22. The molecule has 0 bridgehead atoms. The van der Waals surface area contributed by atoms with Crippen molar-refractivity contribution in [2.45, 2.75) is 37.5 Å². The number of benzene rings is 2. The molecule has 0 aromatic heterocycles. The molecule has 2 aliphatic heterocycles. The van der Waals surface area contributed by atoms with Crippen LogP contribution >= 0.6 is 0 Å². The lowest BCUT2D eigenvalue weighted by Crippen LogP contribution is -2.36. The topological polar surface area (TPSA) is 57.7 Å². The Balaban J connectivity index is 1.69. The largest absolute Gasteiger partial charge is 0.305 e. The Hall–Kier alpha value is -2.25. The first kappa shape index (κ1) is 19.1. The molecule has 0 N–H and O–H groups in total. The number of fused-ring (bicyclic) bond motifs is 1. The quantitative estimate of drug-likeness (QED) is 0.789. The number of amides is 1. The van der Waals surface area contributed by atoms with Gasteiger partial charge in [-0.25, -0.2) is 12.8 Å². The molecule has 0 saturated carbocycles. The summed E-state index contributed by atoms with van der Waals surface area (Å²) in [5, 5.41) is 0. The third-order valence-electron chi connectivity index (χ3n) is 5.41. The summed E-state index contributed by atoms with van der Waals surface area (Å²) in [6, 6.07) is 9.43. The maximum absolute atomic E-state index is 14.6. The molecule has 0 spiro atoms. The van der Waals surface area contributed by atoms with Crippen LogP contribution < -0.4 is 4.90 Å². The summed E-state index contributed by atoms with van der Waals surface area (Å²) in [5.74, 6) is -0.786. The molecule has 4 rings (SSSR count). The van der Waals surface area contributed by atoms with E-state index in [9.17, 15) is 17.6 Å². The van der Waals surface area contributed by atoms with Gasteiger partial charge in [-0.3, -0.25) is 4.79 Å². The highest BCUT2D eigenvalue weighted by Crippen LogP contribution is 2.32. The minimum Gasteiger partial charge on any atom is -0.305 e. The number of halogens is 1. The Morgan fingerprint density at radius 3 is 2.54 bits per heavy atom. The van der Waals surface area contributed by atoms with Gasteiger partial charge in [-0.1, -0.05) is 12.1 Å². The minimum atomic E-state index is -3.61. The number of carbonyl (C=O) groups excluding carboxylic acids is 1. The summed E-state index contributed by atoms with van der Waals surface area (Å²) in [6.07, 6.45) is 3.16. The second-order valence-corrected chi connectivity index (χ2v) is 9.39. The molecular formula is C21H23FN2O3S. The molecule has 1 fully saturated rings. The van der Waals surface area contributed by atoms with Gasteiger partial charge in [-0.2, -0.15) is 4.31 Å². The van der Waals surface area contributed by atoms with Crippen molar-refractivity contribution >= 4 is 21.6 Å². The van der Waals surface area contributed by atoms with Crippen LogP contribution in [-0.4, -0.2) is 38.3 Å². The standard InChI is InChI=1S/C21H23FN2O3S/c1-15-12-16-7-5-11-24(20(16)19(22)13-15)21(25)17-6-4-8-18(14-17)28(26,27)23-9-2-3-10-23/h4,6,8,12-14H,2-3,5,7,9-11H2,1H3. The molecule has 0 radical (unpaired) electrons. The molecular weight excluding hydrogens is 379 g/mol. The van der Waals surface area contributed by atoms with E-state index in [1.165, 1.54) is 27.4 Å². The van der Waals surface area contributed by atoms with Crippen LogP contribution in [0.5, 0.6) is 0 Å². The lowest BCUT2D eigenvalue weighted by Gasteiger charge is -2.30. The summed E-state index contributed by atoms with van der Waals surface area (Å²) in [5.41, 5.74) is 2.21. The third-order valence-corrected chi connectivity index (χ3v) is 7.31. The van der Waals surface area contributed by atoms with Crippen molar-refractivity contribution in [3.8, 4) is 0 Å². The van der Waals surface area contributed by atoms with Crippen molar-refractivity contribution in [2.75, 3.05) is 24.5 Å². The molecule has 2 aromatic rings. The number of nitrogens with zero attached hydrogens (tertiary/aromatic N) is 2. The number of hydrogen-bond acceptors (Lipinski definition) is 3. The predicted molar refractivity (Wildman–Crippen MR) is 106 cm³/mol. The Morgan fingerprint density at radius 1 is 1.04 bits per heavy atom. The fourth-order valence-electron chi connectivity index (χ4n) is 4.06. The predicted octanol–water partition coefficient (Wildman–Crippen LogP) is 3.51. The van der Waals surface area contributed by atoms with Crippen molar-refractivity contribution in [1.29, 1.82) is 0 Å². The number of carbonyl (C=O) groups is 1. The molecule has 0 atom stereocenters. The van der Waals surface area contributed by atoms with Crippen molar-refractivity contribution in [1.82, 2.24) is 4.31 Å². The van der Waals surface area contributed by atoms with E-state index in [2.05, 4.69) is 0 Å². The Morgan fingerprint density at radius 2 is 1.79 bits per heavy atom. The first-order chi connectivity index (χ1) is 13.4. The van der Waals surface area contributed by atoms with Gasteiger partial charge < -0.3 is 4.90 Å². The van der Waals surface area contributed by atoms with E-state index < -0.39 is 15.8 Å². The van der Waals surface area contributed by atoms with Gasteiger partial charge >= 0.3 is 0 Å². The van der Waals surface area contributed by atoms with Gasteiger partial charge in [0, 0.05) is 25.2 Å². The van der Waals surface area contributed by atoms with Crippen LogP contribution in [0.3, 0.4) is 0 Å². The molecule has 0 unspecified atom stereocenters. The summed E-state index contributed by atoms with van der Waals surface area (Å²) < 4.78 is 41.7. The zero-order chi connectivity index (χ0) is 19.9. The highest BCUT2D eigenvalue weighted by molar-refractivity contribution is 7.89. The van der Waals surface area contributed by atoms with E-state index in [0.717, 1.165) is 36.8 Å². The molecule has 5 nitrogen and oxygen atoms in total. The molecule has 1 saturated heterocycles. The number of sulfonamides is 1. The molecule has 28 heavy (non-hydrogen) atoms. The molecule has 7 heteroatoms. The monoisotopic (exact) mass is 402 g/mol. The lowest BCUT2D eigenvalue weighted by atomic mass is 9.98. The Bertz CT molecular complexity index is 1030. The molecule has 2 heterocycles. The van der Waals surface area contributed by atoms with Crippen molar-refractivity contribution in [3.05, 3.63) is 58.9 Å². The maximum Gasteiger partial charge on any atom is 0.258 e. The number of rotatable bonds is 3. The number of aryl methyl sites for hydroxylation is 2. The van der Waals surface area contributed by atoms with Gasteiger partial charge in [-0.15, -0.1) is 0 Å². The SMILES string of the molecule is Cc1cc(F)c2c(c1)CCCN2C(=O)c1cccc(S(=O)(=O)N2CCCC2)c1. The summed E-state index contributed by atoms with van der Waals surface area (Å²) in [6.45, 7) is 3.25. The van der Waals surface area contributed by atoms with Gasteiger partial charge in [0.1, 0.15) is 5.82 Å². The number of anilines is 1. The maximum atomic E-state index is 14.6. The zero-order valence-electron chi connectivity index (χ0n) is 15.8. The van der Waals surface area contributed by atoms with Gasteiger partial charge in [0.2, 0.25) is 10.0 Å². The normalized spacial score (nSPS) is 17.6.